The summed E-state index contributed by atoms with van der Waals surface area (Å²) in [6.45, 7) is 4.69. The molecule has 76 valence electrons. The van der Waals surface area contributed by atoms with E-state index in [1.807, 2.05) is 18.4 Å². The molecule has 4 heteroatoms. The lowest BCUT2D eigenvalue weighted by Crippen LogP contribution is -2.23. The third kappa shape index (κ3) is 3.30. The largest absolute Gasteiger partial charge is 0.309 e. The zero-order chi connectivity index (χ0) is 10.6. The summed E-state index contributed by atoms with van der Waals surface area (Å²) in [5, 5.41) is 13.9. The minimum atomic E-state index is 0.0477. The molecular formula is C10H13ClN2S. The molecule has 0 bridgehead atoms. The lowest BCUT2D eigenvalue weighted by Gasteiger charge is -2.12. The van der Waals surface area contributed by atoms with E-state index in [9.17, 15) is 0 Å². The predicted octanol–water partition coefficient (Wildman–Crippen LogP) is 3.21. The maximum atomic E-state index is 8.61. The SMILES string of the molecule is CC(C#N)CNC(C)c1csc(Cl)c1. The van der Waals surface area contributed by atoms with Gasteiger partial charge in [-0.1, -0.05) is 11.6 Å². The summed E-state index contributed by atoms with van der Waals surface area (Å²) in [5.74, 6) is 0.0477. The van der Waals surface area contributed by atoms with Crippen LogP contribution in [-0.2, 0) is 0 Å². The Morgan fingerprint density at radius 1 is 1.64 bits per heavy atom. The zero-order valence-corrected chi connectivity index (χ0v) is 9.82. The molecule has 2 atom stereocenters. The number of rotatable bonds is 4. The van der Waals surface area contributed by atoms with Crippen molar-refractivity contribution in [1.82, 2.24) is 5.32 Å². The molecule has 0 aliphatic carbocycles. The van der Waals surface area contributed by atoms with Gasteiger partial charge in [0.05, 0.1) is 16.3 Å². The number of thiophene rings is 1. The molecule has 1 aromatic heterocycles. The molecule has 0 aromatic carbocycles. The number of nitrogens with zero attached hydrogens (tertiary/aromatic N) is 1. The lowest BCUT2D eigenvalue weighted by molar-refractivity contribution is 0.529. The average Bonchev–Trinajstić information content (AvgIpc) is 2.60. The van der Waals surface area contributed by atoms with Gasteiger partial charge >= 0.3 is 0 Å². The van der Waals surface area contributed by atoms with Crippen molar-refractivity contribution in [1.29, 1.82) is 5.26 Å². The topological polar surface area (TPSA) is 35.8 Å². The summed E-state index contributed by atoms with van der Waals surface area (Å²) in [7, 11) is 0. The molecule has 2 unspecified atom stereocenters. The lowest BCUT2D eigenvalue weighted by atomic mass is 10.1. The summed E-state index contributed by atoms with van der Waals surface area (Å²) in [5.41, 5.74) is 1.19. The van der Waals surface area contributed by atoms with Crippen LogP contribution in [0.15, 0.2) is 11.4 Å². The van der Waals surface area contributed by atoms with Crippen LogP contribution in [0.3, 0.4) is 0 Å². The first-order valence-corrected chi connectivity index (χ1v) is 5.76. The molecule has 0 aliphatic heterocycles. The van der Waals surface area contributed by atoms with Crippen LogP contribution in [0.5, 0.6) is 0 Å². The number of nitrogens with one attached hydrogen (secondary N) is 1. The molecule has 0 aliphatic rings. The quantitative estimate of drug-likeness (QED) is 0.859. The van der Waals surface area contributed by atoms with E-state index >= 15 is 0 Å². The van der Waals surface area contributed by atoms with Crippen molar-refractivity contribution < 1.29 is 0 Å². The van der Waals surface area contributed by atoms with E-state index in [1.54, 1.807) is 0 Å². The van der Waals surface area contributed by atoms with Gasteiger partial charge in [-0.05, 0) is 30.9 Å². The Balaban J connectivity index is 2.43. The molecule has 2 nitrogen and oxygen atoms in total. The fourth-order valence-corrected chi connectivity index (χ4v) is 2.05. The first-order chi connectivity index (χ1) is 6.63. The van der Waals surface area contributed by atoms with Gasteiger partial charge in [-0.25, -0.2) is 0 Å². The first kappa shape index (κ1) is 11.5. The second-order valence-electron chi connectivity index (χ2n) is 3.34. The van der Waals surface area contributed by atoms with Crippen LogP contribution in [-0.4, -0.2) is 6.54 Å². The normalized spacial score (nSPS) is 14.7. The summed E-state index contributed by atoms with van der Waals surface area (Å²) in [6, 6.07) is 4.41. The van der Waals surface area contributed by atoms with Crippen LogP contribution in [0.1, 0.15) is 25.5 Å². The molecule has 0 fully saturated rings. The van der Waals surface area contributed by atoms with Crippen LogP contribution in [0, 0.1) is 17.2 Å². The second-order valence-corrected chi connectivity index (χ2v) is 4.89. The van der Waals surface area contributed by atoms with Gasteiger partial charge in [-0.2, -0.15) is 5.26 Å². The Bertz CT molecular complexity index is 329. The van der Waals surface area contributed by atoms with Gasteiger partial charge in [0.1, 0.15) is 0 Å². The highest BCUT2D eigenvalue weighted by molar-refractivity contribution is 7.14. The van der Waals surface area contributed by atoms with E-state index in [0.717, 1.165) is 4.34 Å². The summed E-state index contributed by atoms with van der Waals surface area (Å²) < 4.78 is 0.807. The van der Waals surface area contributed by atoms with Gasteiger partial charge in [0.25, 0.3) is 0 Å². The van der Waals surface area contributed by atoms with Gasteiger partial charge in [0.2, 0.25) is 0 Å². The standard InChI is InChI=1S/C10H13ClN2S/c1-7(4-12)5-13-8(2)9-3-10(11)14-6-9/h3,6-8,13H,5H2,1-2H3. The van der Waals surface area contributed by atoms with E-state index in [1.165, 1.54) is 16.9 Å². The minimum Gasteiger partial charge on any atom is -0.309 e. The Morgan fingerprint density at radius 2 is 2.36 bits per heavy atom. The van der Waals surface area contributed by atoms with Crippen molar-refractivity contribution in [3.63, 3.8) is 0 Å². The van der Waals surface area contributed by atoms with E-state index < -0.39 is 0 Å². The Hall–Kier alpha value is -0.560. The van der Waals surface area contributed by atoms with Gasteiger partial charge in [0, 0.05) is 12.6 Å². The van der Waals surface area contributed by atoms with Crippen molar-refractivity contribution in [2.24, 2.45) is 5.92 Å². The summed E-state index contributed by atoms with van der Waals surface area (Å²) in [6.07, 6.45) is 0. The maximum Gasteiger partial charge on any atom is 0.0931 e. The second kappa shape index (κ2) is 5.35. The van der Waals surface area contributed by atoms with Gasteiger partial charge in [0.15, 0.2) is 0 Å². The molecular weight excluding hydrogens is 216 g/mol. The Kier molecular flexibility index (Phi) is 4.40. The highest BCUT2D eigenvalue weighted by Gasteiger charge is 2.08. The van der Waals surface area contributed by atoms with Gasteiger partial charge in [-0.3, -0.25) is 0 Å². The smallest absolute Gasteiger partial charge is 0.0931 e. The molecule has 14 heavy (non-hydrogen) atoms. The number of hydrogen-bond acceptors (Lipinski definition) is 3. The van der Waals surface area contributed by atoms with Gasteiger partial charge < -0.3 is 5.32 Å². The van der Waals surface area contributed by atoms with E-state index in [4.69, 9.17) is 16.9 Å². The van der Waals surface area contributed by atoms with Crippen molar-refractivity contribution in [2.75, 3.05) is 6.54 Å². The van der Waals surface area contributed by atoms with Crippen LogP contribution >= 0.6 is 22.9 Å². The van der Waals surface area contributed by atoms with Gasteiger partial charge in [-0.15, -0.1) is 11.3 Å². The summed E-state index contributed by atoms with van der Waals surface area (Å²) in [4.78, 5) is 0. The third-order valence-corrected chi connectivity index (χ3v) is 3.15. The fourth-order valence-electron chi connectivity index (χ4n) is 1.07. The van der Waals surface area contributed by atoms with Crippen molar-refractivity contribution in [3.8, 4) is 6.07 Å². The molecule has 1 N–H and O–H groups in total. The number of hydrogen-bond donors (Lipinski definition) is 1. The number of halogens is 1. The van der Waals surface area contributed by atoms with E-state index in [-0.39, 0.29) is 12.0 Å². The van der Waals surface area contributed by atoms with Crippen LogP contribution in [0.25, 0.3) is 0 Å². The molecule has 0 radical (unpaired) electrons. The molecule has 0 amide bonds. The van der Waals surface area contributed by atoms with E-state index in [2.05, 4.69) is 18.3 Å². The van der Waals surface area contributed by atoms with Crippen LogP contribution in [0.4, 0.5) is 0 Å². The van der Waals surface area contributed by atoms with E-state index in [0.29, 0.717) is 6.54 Å². The highest BCUT2D eigenvalue weighted by atomic mass is 35.5. The molecule has 1 aromatic rings. The minimum absolute atomic E-state index is 0.0477. The number of nitriles is 1. The maximum absolute atomic E-state index is 8.61. The fraction of sp³-hybridized carbons (Fsp3) is 0.500. The summed E-state index contributed by atoms with van der Waals surface area (Å²) >= 11 is 7.37. The predicted molar refractivity (Wildman–Crippen MR) is 60.5 cm³/mol. The monoisotopic (exact) mass is 228 g/mol. The first-order valence-electron chi connectivity index (χ1n) is 4.50. The molecule has 0 spiro atoms. The molecule has 1 rings (SSSR count). The van der Waals surface area contributed by atoms with Crippen molar-refractivity contribution in [3.05, 3.63) is 21.3 Å². The van der Waals surface area contributed by atoms with Crippen molar-refractivity contribution >= 4 is 22.9 Å². The zero-order valence-electron chi connectivity index (χ0n) is 8.25. The molecule has 0 saturated carbocycles. The van der Waals surface area contributed by atoms with Crippen LogP contribution < -0.4 is 5.32 Å². The average molecular weight is 229 g/mol. The highest BCUT2D eigenvalue weighted by Crippen LogP contribution is 2.24. The Labute approximate surface area is 93.5 Å². The molecule has 1 heterocycles. The molecule has 0 saturated heterocycles. The third-order valence-electron chi connectivity index (χ3n) is 2.04. The Morgan fingerprint density at radius 3 is 2.86 bits per heavy atom. The van der Waals surface area contributed by atoms with Crippen molar-refractivity contribution in [2.45, 2.75) is 19.9 Å². The van der Waals surface area contributed by atoms with Crippen LogP contribution in [0.2, 0.25) is 4.34 Å².